The Kier molecular flexibility index (Phi) is 5.63. The fraction of sp³-hybridized carbons (Fsp3) is 0.350. The Balaban J connectivity index is 1.35. The van der Waals surface area contributed by atoms with Crippen LogP contribution in [0.3, 0.4) is 0 Å². The topological polar surface area (TPSA) is 114 Å². The molecule has 15 heteroatoms. The molecule has 1 aliphatic heterocycles. The van der Waals surface area contributed by atoms with Crippen molar-refractivity contribution in [2.24, 2.45) is 0 Å². The van der Waals surface area contributed by atoms with E-state index in [-0.39, 0.29) is 18.1 Å². The van der Waals surface area contributed by atoms with E-state index in [9.17, 15) is 22.8 Å². The second-order valence-electron chi connectivity index (χ2n) is 7.98. The van der Waals surface area contributed by atoms with Crippen LogP contribution in [0.2, 0.25) is 0 Å². The highest BCUT2D eigenvalue weighted by Gasteiger charge is 2.46. The lowest BCUT2D eigenvalue weighted by Crippen LogP contribution is -2.63. The Labute approximate surface area is 195 Å². The summed E-state index contributed by atoms with van der Waals surface area (Å²) < 4.78 is 58.7. The molecule has 5 rings (SSSR count). The van der Waals surface area contributed by atoms with Crippen molar-refractivity contribution in [2.75, 3.05) is 23.3 Å². The van der Waals surface area contributed by atoms with E-state index in [2.05, 4.69) is 36.4 Å². The van der Waals surface area contributed by atoms with Crippen LogP contribution in [0.5, 0.6) is 5.75 Å². The molecule has 4 aromatic heterocycles. The molecule has 0 atom stereocenters. The molecule has 1 saturated heterocycles. The van der Waals surface area contributed by atoms with Gasteiger partial charge in [-0.05, 0) is 12.1 Å². The average Bonchev–Trinajstić information content (AvgIpc) is 3.50. The van der Waals surface area contributed by atoms with Crippen LogP contribution >= 0.6 is 0 Å². The average molecular weight is 490 g/mol. The minimum atomic E-state index is -2.97. The van der Waals surface area contributed by atoms with Gasteiger partial charge in [0.25, 0.3) is 6.43 Å². The summed E-state index contributed by atoms with van der Waals surface area (Å²) in [5, 5.41) is 24.7. The minimum absolute atomic E-state index is 0.0806. The van der Waals surface area contributed by atoms with Crippen LogP contribution < -0.4 is 15.0 Å². The largest absolute Gasteiger partial charge is 0.431 e. The number of pyridine rings is 1. The Morgan fingerprint density at radius 1 is 1.17 bits per heavy atom. The summed E-state index contributed by atoms with van der Waals surface area (Å²) in [5.41, 5.74) is 1.01. The number of alkyl halides is 4. The molecule has 4 aromatic rings. The van der Waals surface area contributed by atoms with E-state index in [1.807, 2.05) is 11.0 Å². The molecule has 1 fully saturated rings. The summed E-state index contributed by atoms with van der Waals surface area (Å²) in [6.45, 7) is -2.72. The van der Waals surface area contributed by atoms with E-state index in [0.717, 1.165) is 10.4 Å². The highest BCUT2D eigenvalue weighted by atomic mass is 19.3. The first-order chi connectivity index (χ1) is 16.8. The number of ether oxygens (including phenoxy) is 1. The quantitative estimate of drug-likeness (QED) is 0.357. The van der Waals surface area contributed by atoms with Gasteiger partial charge >= 0.3 is 6.61 Å². The molecule has 0 aliphatic carbocycles. The predicted molar refractivity (Wildman–Crippen MR) is 114 cm³/mol. The summed E-state index contributed by atoms with van der Waals surface area (Å²) in [6.07, 6.45) is 4.68. The summed E-state index contributed by atoms with van der Waals surface area (Å²) in [4.78, 5) is 6.48. The molecule has 182 valence electrons. The number of halogens is 4. The molecule has 0 aromatic carbocycles. The number of anilines is 3. The van der Waals surface area contributed by atoms with Crippen molar-refractivity contribution >= 4 is 23.0 Å². The highest BCUT2D eigenvalue weighted by Crippen LogP contribution is 2.38. The van der Waals surface area contributed by atoms with Crippen molar-refractivity contribution in [1.29, 1.82) is 5.26 Å². The molecule has 0 bridgehead atoms. The zero-order valence-corrected chi connectivity index (χ0v) is 18.0. The van der Waals surface area contributed by atoms with E-state index >= 15 is 0 Å². The molecular weight excluding hydrogens is 472 g/mol. The Morgan fingerprint density at radius 2 is 2.00 bits per heavy atom. The highest BCUT2D eigenvalue weighted by molar-refractivity contribution is 5.72. The maximum absolute atomic E-state index is 12.5. The van der Waals surface area contributed by atoms with E-state index in [1.165, 1.54) is 29.5 Å². The maximum Gasteiger partial charge on any atom is 0.387 e. The Bertz CT molecular complexity index is 1370. The zero-order chi connectivity index (χ0) is 24.6. The van der Waals surface area contributed by atoms with Crippen LogP contribution in [-0.2, 0) is 12.1 Å². The molecule has 0 amide bonds. The van der Waals surface area contributed by atoms with Crippen LogP contribution in [0.4, 0.5) is 34.9 Å². The minimum Gasteiger partial charge on any atom is -0.431 e. The number of nitrogens with zero attached hydrogens (tertiary/aromatic N) is 9. The van der Waals surface area contributed by atoms with Gasteiger partial charge in [-0.3, -0.25) is 9.36 Å². The summed E-state index contributed by atoms with van der Waals surface area (Å²) >= 11 is 0. The first kappa shape index (κ1) is 22.4. The SMILES string of the molecule is N#CCC1(n2cc(OC(F)F)cn2)CN(c2cccn3nc(Nc4cnn(CC(F)F)c4)nc23)C1. The number of hydrogen-bond acceptors (Lipinski definition) is 8. The van der Waals surface area contributed by atoms with Gasteiger partial charge in [-0.1, -0.05) is 0 Å². The van der Waals surface area contributed by atoms with Gasteiger partial charge in [0.05, 0.1) is 42.5 Å². The van der Waals surface area contributed by atoms with Crippen molar-refractivity contribution in [3.8, 4) is 11.8 Å². The maximum atomic E-state index is 12.5. The third-order valence-corrected chi connectivity index (χ3v) is 5.55. The van der Waals surface area contributed by atoms with Crippen LogP contribution in [0.15, 0.2) is 43.1 Å². The van der Waals surface area contributed by atoms with Gasteiger partial charge < -0.3 is 15.0 Å². The number of nitriles is 1. The summed E-state index contributed by atoms with van der Waals surface area (Å²) in [7, 11) is 0. The summed E-state index contributed by atoms with van der Waals surface area (Å²) in [6, 6.07) is 5.77. The number of fused-ring (bicyclic) bond motifs is 1. The Hall–Kier alpha value is -4.35. The molecule has 1 N–H and O–H groups in total. The van der Waals surface area contributed by atoms with Gasteiger partial charge in [0.15, 0.2) is 11.4 Å². The molecular formula is C20H18F4N10O. The fourth-order valence-electron chi connectivity index (χ4n) is 4.04. The van der Waals surface area contributed by atoms with Crippen LogP contribution in [0.25, 0.3) is 5.65 Å². The number of nitrogens with one attached hydrogen (secondary N) is 1. The van der Waals surface area contributed by atoms with E-state index < -0.39 is 25.1 Å². The van der Waals surface area contributed by atoms with Gasteiger partial charge in [-0.2, -0.15) is 29.2 Å². The second-order valence-corrected chi connectivity index (χ2v) is 7.98. The standard InChI is InChI=1S/C20H18F4N10O/c21-16(22)10-32-8-13(6-26-32)28-19-29-17-15(2-1-5-33(17)30-19)31-11-20(12-31,3-4-25)34-9-14(7-27-34)35-18(23)24/h1-2,5-9,16,18H,3,10-12H2,(H,28,30). The molecule has 0 unspecified atom stereocenters. The number of hydrogen-bond donors (Lipinski definition) is 1. The normalized spacial score (nSPS) is 14.9. The number of rotatable bonds is 9. The first-order valence-corrected chi connectivity index (χ1v) is 10.4. The molecule has 5 heterocycles. The Morgan fingerprint density at radius 3 is 2.74 bits per heavy atom. The van der Waals surface area contributed by atoms with Gasteiger partial charge in [-0.25, -0.2) is 13.3 Å². The molecule has 35 heavy (non-hydrogen) atoms. The van der Waals surface area contributed by atoms with Gasteiger partial charge in [0, 0.05) is 25.5 Å². The molecule has 0 saturated carbocycles. The monoisotopic (exact) mass is 490 g/mol. The molecule has 11 nitrogen and oxygen atoms in total. The van der Waals surface area contributed by atoms with Crippen molar-refractivity contribution < 1.29 is 22.3 Å². The van der Waals surface area contributed by atoms with Gasteiger partial charge in [0.1, 0.15) is 12.1 Å². The van der Waals surface area contributed by atoms with Gasteiger partial charge in [0.2, 0.25) is 5.95 Å². The smallest absolute Gasteiger partial charge is 0.387 e. The van der Waals surface area contributed by atoms with E-state index in [0.29, 0.717) is 24.4 Å². The number of aromatic nitrogens is 7. The summed E-state index contributed by atoms with van der Waals surface area (Å²) in [5.74, 6) is 0.168. The first-order valence-electron chi connectivity index (χ1n) is 10.4. The van der Waals surface area contributed by atoms with Gasteiger partial charge in [-0.15, -0.1) is 5.10 Å². The lowest BCUT2D eigenvalue weighted by Gasteiger charge is -2.50. The molecule has 0 spiro atoms. The second kappa shape index (κ2) is 8.78. The molecule has 0 radical (unpaired) electrons. The van der Waals surface area contributed by atoms with E-state index in [1.54, 1.807) is 16.8 Å². The third kappa shape index (κ3) is 4.42. The van der Waals surface area contributed by atoms with Crippen LogP contribution in [0.1, 0.15) is 6.42 Å². The molecule has 1 aliphatic rings. The zero-order valence-electron chi connectivity index (χ0n) is 18.0. The van der Waals surface area contributed by atoms with Crippen molar-refractivity contribution in [2.45, 2.75) is 31.5 Å². The van der Waals surface area contributed by atoms with Crippen LogP contribution in [0, 0.1) is 11.3 Å². The van der Waals surface area contributed by atoms with Crippen molar-refractivity contribution in [3.05, 3.63) is 43.1 Å². The van der Waals surface area contributed by atoms with E-state index in [4.69, 9.17) is 0 Å². The van der Waals surface area contributed by atoms with Crippen molar-refractivity contribution in [3.63, 3.8) is 0 Å². The lowest BCUT2D eigenvalue weighted by atomic mass is 9.86. The predicted octanol–water partition coefficient (Wildman–Crippen LogP) is 2.86. The van der Waals surface area contributed by atoms with Crippen molar-refractivity contribution in [1.82, 2.24) is 34.2 Å². The lowest BCUT2D eigenvalue weighted by molar-refractivity contribution is -0.0500. The van der Waals surface area contributed by atoms with Crippen LogP contribution in [-0.4, -0.2) is 60.3 Å². The fourth-order valence-corrected chi connectivity index (χ4v) is 4.04. The third-order valence-electron chi connectivity index (χ3n) is 5.55.